The van der Waals surface area contributed by atoms with Crippen LogP contribution in [0, 0.1) is 5.82 Å². The van der Waals surface area contributed by atoms with E-state index in [1.807, 2.05) is 0 Å². The largest absolute Gasteiger partial charge is 0.444 e. The Morgan fingerprint density at radius 2 is 2.15 bits per heavy atom. The molecule has 0 aliphatic heterocycles. The fourth-order valence-corrected chi connectivity index (χ4v) is 1.55. The number of carbonyl (C=O) groups excluding carboxylic acids is 1. The molecule has 0 aromatic heterocycles. The molecular formula is C15H21FN2O2. The van der Waals surface area contributed by atoms with Crippen LogP contribution in [0.4, 0.5) is 9.18 Å². The first-order valence-electron chi connectivity index (χ1n) is 6.44. The predicted octanol–water partition coefficient (Wildman–Crippen LogP) is 2.82. The summed E-state index contributed by atoms with van der Waals surface area (Å²) in [6, 6.07) is 4.43. The minimum absolute atomic E-state index is 0.301. The highest BCUT2D eigenvalue weighted by Crippen LogP contribution is 2.12. The van der Waals surface area contributed by atoms with Crippen molar-refractivity contribution in [2.45, 2.75) is 32.9 Å². The molecule has 110 valence electrons. The maximum absolute atomic E-state index is 13.1. The van der Waals surface area contributed by atoms with Gasteiger partial charge in [0.05, 0.1) is 0 Å². The highest BCUT2D eigenvalue weighted by Gasteiger charge is 2.14. The van der Waals surface area contributed by atoms with Crippen molar-refractivity contribution in [3.8, 4) is 0 Å². The monoisotopic (exact) mass is 280 g/mol. The molecule has 3 N–H and O–H groups in total. The first-order valence-corrected chi connectivity index (χ1v) is 6.44. The first-order chi connectivity index (χ1) is 9.31. The van der Waals surface area contributed by atoms with Crippen molar-refractivity contribution < 1.29 is 13.9 Å². The molecule has 0 aliphatic carbocycles. The summed E-state index contributed by atoms with van der Waals surface area (Å²) in [7, 11) is 0. The first kappa shape index (κ1) is 16.2. The minimum atomic E-state index is -0.525. The number of hydrogen-bond acceptors (Lipinski definition) is 3. The second-order valence-electron chi connectivity index (χ2n) is 5.33. The lowest BCUT2D eigenvalue weighted by Gasteiger charge is -2.19. The summed E-state index contributed by atoms with van der Waals surface area (Å²) in [5.74, 6) is -0.318. The number of hydrogen-bond donors (Lipinski definition) is 2. The number of halogens is 1. The lowest BCUT2D eigenvalue weighted by Crippen LogP contribution is -2.32. The quantitative estimate of drug-likeness (QED) is 0.891. The minimum Gasteiger partial charge on any atom is -0.444 e. The molecule has 0 saturated carbocycles. The Morgan fingerprint density at radius 1 is 1.45 bits per heavy atom. The van der Waals surface area contributed by atoms with Crippen LogP contribution in [0.1, 0.15) is 31.9 Å². The molecule has 0 atom stereocenters. The van der Waals surface area contributed by atoms with E-state index in [9.17, 15) is 9.18 Å². The van der Waals surface area contributed by atoms with Crippen molar-refractivity contribution in [1.29, 1.82) is 0 Å². The summed E-state index contributed by atoms with van der Waals surface area (Å²) in [6.07, 6.45) is 2.96. The van der Waals surface area contributed by atoms with Gasteiger partial charge in [-0.25, -0.2) is 9.18 Å². The Balaban J connectivity index is 2.53. The maximum atomic E-state index is 13.1. The standard InChI is InChI=1S/C15H21FN2O2/c1-15(2,3)20-14(19)18-8-4-5-11-9-13(16)7-6-12(11)10-17/h4-7,9H,8,10,17H2,1-3H3,(H,18,19). The molecule has 0 saturated heterocycles. The summed E-state index contributed by atoms with van der Waals surface area (Å²) >= 11 is 0. The van der Waals surface area contributed by atoms with E-state index in [2.05, 4.69) is 5.32 Å². The van der Waals surface area contributed by atoms with Gasteiger partial charge in [-0.1, -0.05) is 18.2 Å². The number of carbonyl (C=O) groups is 1. The summed E-state index contributed by atoms with van der Waals surface area (Å²) in [5.41, 5.74) is 6.61. The number of rotatable bonds is 4. The van der Waals surface area contributed by atoms with E-state index in [-0.39, 0.29) is 5.82 Å². The summed E-state index contributed by atoms with van der Waals surface area (Å²) < 4.78 is 18.2. The fourth-order valence-electron chi connectivity index (χ4n) is 1.55. The fraction of sp³-hybridized carbons (Fsp3) is 0.400. The Hall–Kier alpha value is -1.88. The number of alkyl carbamates (subject to hydrolysis) is 1. The van der Waals surface area contributed by atoms with Crippen LogP contribution in [0.15, 0.2) is 24.3 Å². The van der Waals surface area contributed by atoms with Gasteiger partial charge in [0.2, 0.25) is 0 Å². The van der Waals surface area contributed by atoms with Crippen LogP contribution in [-0.4, -0.2) is 18.2 Å². The Kier molecular flexibility index (Phi) is 5.70. The number of amides is 1. The molecule has 1 amide bonds. The number of nitrogens with two attached hydrogens (primary N) is 1. The van der Waals surface area contributed by atoms with Crippen molar-refractivity contribution >= 4 is 12.2 Å². The lowest BCUT2D eigenvalue weighted by atomic mass is 10.1. The highest BCUT2D eigenvalue weighted by molar-refractivity contribution is 5.68. The number of ether oxygens (including phenoxy) is 1. The lowest BCUT2D eigenvalue weighted by molar-refractivity contribution is 0.0534. The van der Waals surface area contributed by atoms with Gasteiger partial charge in [0.1, 0.15) is 11.4 Å². The number of benzene rings is 1. The third-order valence-electron chi connectivity index (χ3n) is 2.39. The molecule has 0 heterocycles. The second-order valence-corrected chi connectivity index (χ2v) is 5.33. The Labute approximate surface area is 118 Å². The van der Waals surface area contributed by atoms with Crippen molar-refractivity contribution in [1.82, 2.24) is 5.32 Å². The molecule has 4 nitrogen and oxygen atoms in total. The van der Waals surface area contributed by atoms with Gasteiger partial charge < -0.3 is 15.8 Å². The maximum Gasteiger partial charge on any atom is 0.407 e. The average molecular weight is 280 g/mol. The molecule has 1 aromatic rings. The van der Waals surface area contributed by atoms with E-state index < -0.39 is 11.7 Å². The van der Waals surface area contributed by atoms with Gasteiger partial charge in [-0.3, -0.25) is 0 Å². The zero-order valence-corrected chi connectivity index (χ0v) is 12.1. The van der Waals surface area contributed by atoms with E-state index >= 15 is 0 Å². The van der Waals surface area contributed by atoms with Crippen molar-refractivity contribution in [2.24, 2.45) is 5.73 Å². The van der Waals surface area contributed by atoms with E-state index in [1.165, 1.54) is 12.1 Å². The molecule has 1 rings (SSSR count). The van der Waals surface area contributed by atoms with Crippen LogP contribution in [0.5, 0.6) is 0 Å². The normalized spacial score (nSPS) is 11.7. The van der Waals surface area contributed by atoms with Gasteiger partial charge in [0.15, 0.2) is 0 Å². The van der Waals surface area contributed by atoms with Crippen molar-refractivity contribution in [2.75, 3.05) is 6.54 Å². The van der Waals surface area contributed by atoms with Crippen molar-refractivity contribution in [3.05, 3.63) is 41.2 Å². The van der Waals surface area contributed by atoms with Crippen LogP contribution in [0.3, 0.4) is 0 Å². The van der Waals surface area contributed by atoms with Gasteiger partial charge in [0, 0.05) is 13.1 Å². The Bertz CT molecular complexity index is 493. The van der Waals surface area contributed by atoms with Crippen LogP contribution < -0.4 is 11.1 Å². The van der Waals surface area contributed by atoms with Gasteiger partial charge in [-0.2, -0.15) is 0 Å². The zero-order valence-electron chi connectivity index (χ0n) is 12.1. The Morgan fingerprint density at radius 3 is 2.75 bits per heavy atom. The van der Waals surface area contributed by atoms with Crippen LogP contribution in [0.25, 0.3) is 6.08 Å². The van der Waals surface area contributed by atoms with Crippen LogP contribution in [-0.2, 0) is 11.3 Å². The molecule has 0 bridgehead atoms. The van der Waals surface area contributed by atoms with Crippen molar-refractivity contribution in [3.63, 3.8) is 0 Å². The predicted molar refractivity (Wildman–Crippen MR) is 77.6 cm³/mol. The highest BCUT2D eigenvalue weighted by atomic mass is 19.1. The smallest absolute Gasteiger partial charge is 0.407 e. The van der Waals surface area contributed by atoms with Gasteiger partial charge in [-0.15, -0.1) is 0 Å². The molecule has 0 spiro atoms. The molecule has 1 aromatic carbocycles. The van der Waals surface area contributed by atoms with Gasteiger partial charge in [0.25, 0.3) is 0 Å². The topological polar surface area (TPSA) is 64.3 Å². The summed E-state index contributed by atoms with van der Waals surface area (Å²) in [4.78, 5) is 11.4. The van der Waals surface area contributed by atoms with Crippen LogP contribution in [0.2, 0.25) is 0 Å². The molecule has 0 aliphatic rings. The van der Waals surface area contributed by atoms with Gasteiger partial charge >= 0.3 is 6.09 Å². The molecular weight excluding hydrogens is 259 g/mol. The summed E-state index contributed by atoms with van der Waals surface area (Å²) in [6.45, 7) is 6.02. The third-order valence-corrected chi connectivity index (χ3v) is 2.39. The molecule has 20 heavy (non-hydrogen) atoms. The van der Waals surface area contributed by atoms with E-state index in [0.717, 1.165) is 5.56 Å². The van der Waals surface area contributed by atoms with Gasteiger partial charge in [-0.05, 0) is 44.0 Å². The molecule has 0 radical (unpaired) electrons. The molecule has 5 heteroatoms. The molecule has 0 unspecified atom stereocenters. The van der Waals surface area contributed by atoms with E-state index in [1.54, 1.807) is 39.0 Å². The van der Waals surface area contributed by atoms with E-state index in [0.29, 0.717) is 18.7 Å². The molecule has 0 fully saturated rings. The average Bonchev–Trinajstić information content (AvgIpc) is 2.33. The van der Waals surface area contributed by atoms with E-state index in [4.69, 9.17) is 10.5 Å². The number of nitrogens with one attached hydrogen (secondary N) is 1. The zero-order chi connectivity index (χ0) is 15.2. The third kappa shape index (κ3) is 5.84. The van der Waals surface area contributed by atoms with Crippen LogP contribution >= 0.6 is 0 Å². The second kappa shape index (κ2) is 7.05. The SMILES string of the molecule is CC(C)(C)OC(=O)NCC=Cc1cc(F)ccc1CN. The summed E-state index contributed by atoms with van der Waals surface area (Å²) in [5, 5.41) is 2.59.